The van der Waals surface area contributed by atoms with E-state index in [0.29, 0.717) is 5.69 Å². The summed E-state index contributed by atoms with van der Waals surface area (Å²) in [7, 11) is -4.02. The highest BCUT2D eigenvalue weighted by atomic mass is 35.5. The Kier molecular flexibility index (Phi) is 6.65. The van der Waals surface area contributed by atoms with E-state index in [1.54, 1.807) is 37.3 Å². The van der Waals surface area contributed by atoms with Crippen molar-refractivity contribution in [3.8, 4) is 0 Å². The lowest BCUT2D eigenvalue weighted by Crippen LogP contribution is -2.31. The van der Waals surface area contributed by atoms with Gasteiger partial charge in [-0.15, -0.1) is 0 Å². The summed E-state index contributed by atoms with van der Waals surface area (Å²) < 4.78 is 41.8. The highest BCUT2D eigenvalue weighted by molar-refractivity contribution is 7.92. The van der Waals surface area contributed by atoms with Crippen LogP contribution in [0.2, 0.25) is 10.0 Å². The van der Waals surface area contributed by atoms with Crippen molar-refractivity contribution in [2.75, 3.05) is 16.2 Å². The topological polar surface area (TPSA) is 66.5 Å². The summed E-state index contributed by atoms with van der Waals surface area (Å²) in [5.41, 5.74) is 0.296. The van der Waals surface area contributed by atoms with Gasteiger partial charge < -0.3 is 5.32 Å². The molecule has 0 aliphatic rings. The quantitative estimate of drug-likeness (QED) is 0.513. The second kappa shape index (κ2) is 9.04. The number of nitrogens with one attached hydrogen (secondary N) is 1. The molecule has 0 saturated heterocycles. The van der Waals surface area contributed by atoms with Crippen LogP contribution in [0.5, 0.6) is 0 Å². The summed E-state index contributed by atoms with van der Waals surface area (Å²) >= 11 is 11.8. The van der Waals surface area contributed by atoms with Crippen molar-refractivity contribution in [1.82, 2.24) is 0 Å². The molecule has 156 valence electrons. The number of hydrogen-bond donors (Lipinski definition) is 1. The van der Waals surface area contributed by atoms with Crippen LogP contribution < -0.4 is 9.62 Å². The monoisotopic (exact) mass is 466 g/mol. The first kappa shape index (κ1) is 22.1. The Labute approximate surface area is 184 Å². The van der Waals surface area contributed by atoms with Crippen LogP contribution in [0.4, 0.5) is 15.8 Å². The van der Waals surface area contributed by atoms with Crippen molar-refractivity contribution in [2.45, 2.75) is 11.8 Å². The van der Waals surface area contributed by atoms with Crippen molar-refractivity contribution < 1.29 is 17.6 Å². The number of carbonyl (C=O) groups excluding carboxylic acids is 1. The van der Waals surface area contributed by atoms with E-state index in [1.165, 1.54) is 22.5 Å². The van der Waals surface area contributed by atoms with E-state index in [2.05, 4.69) is 5.32 Å². The molecule has 0 radical (unpaired) electrons. The van der Waals surface area contributed by atoms with Crippen LogP contribution >= 0.6 is 23.2 Å². The molecule has 0 saturated carbocycles. The summed E-state index contributed by atoms with van der Waals surface area (Å²) in [5, 5.41) is 3.05. The summed E-state index contributed by atoms with van der Waals surface area (Å²) in [6, 6.07) is 16.0. The number of rotatable bonds is 6. The molecule has 0 aromatic heterocycles. The Morgan fingerprint density at radius 2 is 1.63 bits per heavy atom. The Bertz CT molecular complexity index is 1170. The van der Waals surface area contributed by atoms with Gasteiger partial charge in [0, 0.05) is 22.3 Å². The fraction of sp³-hybridized carbons (Fsp3) is 0.0952. The first-order chi connectivity index (χ1) is 14.2. The van der Waals surface area contributed by atoms with Crippen LogP contribution in [0.25, 0.3) is 0 Å². The first-order valence-corrected chi connectivity index (χ1v) is 11.1. The minimum Gasteiger partial charge on any atom is -0.322 e. The van der Waals surface area contributed by atoms with Gasteiger partial charge in [-0.05, 0) is 55.5 Å². The molecule has 3 aromatic rings. The van der Waals surface area contributed by atoms with Crippen LogP contribution in [0.3, 0.4) is 0 Å². The number of nitrogens with zero attached hydrogens (tertiary/aromatic N) is 1. The third-order valence-electron chi connectivity index (χ3n) is 4.22. The molecule has 0 spiro atoms. The molecule has 30 heavy (non-hydrogen) atoms. The van der Waals surface area contributed by atoms with E-state index in [0.717, 1.165) is 18.2 Å². The van der Waals surface area contributed by atoms with Crippen LogP contribution in [-0.4, -0.2) is 20.9 Å². The van der Waals surface area contributed by atoms with Gasteiger partial charge in [0.05, 0.1) is 16.1 Å². The average Bonchev–Trinajstić information content (AvgIpc) is 2.68. The highest BCUT2D eigenvalue weighted by Gasteiger charge is 2.26. The molecule has 0 heterocycles. The highest BCUT2D eigenvalue weighted by Crippen LogP contribution is 2.26. The van der Waals surface area contributed by atoms with Crippen LogP contribution in [-0.2, 0) is 10.0 Å². The smallest absolute Gasteiger partial charge is 0.264 e. The Morgan fingerprint density at radius 3 is 2.23 bits per heavy atom. The largest absolute Gasteiger partial charge is 0.322 e. The normalized spacial score (nSPS) is 11.2. The number of sulfonamides is 1. The number of hydrogen-bond acceptors (Lipinski definition) is 3. The molecule has 0 bridgehead atoms. The zero-order chi connectivity index (χ0) is 21.9. The molecule has 1 N–H and O–H groups in total. The maximum Gasteiger partial charge on any atom is 0.264 e. The molecule has 0 unspecified atom stereocenters. The van der Waals surface area contributed by atoms with Gasteiger partial charge >= 0.3 is 0 Å². The van der Waals surface area contributed by atoms with Gasteiger partial charge in [0.15, 0.2) is 0 Å². The molecule has 0 aliphatic carbocycles. The fourth-order valence-electron chi connectivity index (χ4n) is 2.88. The van der Waals surface area contributed by atoms with E-state index in [-0.39, 0.29) is 27.2 Å². The SMILES string of the molecule is CCN(c1ccccc1)S(=O)(=O)c1ccc(F)c(C(=O)Nc2cc(Cl)cc(Cl)c2)c1. The second-order valence-electron chi connectivity index (χ2n) is 6.26. The minimum absolute atomic E-state index is 0.159. The average molecular weight is 467 g/mol. The number of anilines is 2. The molecule has 9 heteroatoms. The lowest BCUT2D eigenvalue weighted by molar-refractivity contribution is 0.102. The number of carbonyl (C=O) groups is 1. The van der Waals surface area contributed by atoms with Gasteiger partial charge in [0.1, 0.15) is 5.82 Å². The van der Waals surface area contributed by atoms with E-state index in [4.69, 9.17) is 23.2 Å². The molecule has 0 fully saturated rings. The Balaban J connectivity index is 1.97. The predicted octanol–water partition coefficient (Wildman–Crippen LogP) is 5.60. The Hall–Kier alpha value is -2.61. The summed E-state index contributed by atoms with van der Waals surface area (Å²) in [6.07, 6.45) is 0. The van der Waals surface area contributed by atoms with Gasteiger partial charge in [-0.25, -0.2) is 12.8 Å². The van der Waals surface area contributed by atoms with Gasteiger partial charge in [-0.1, -0.05) is 41.4 Å². The van der Waals surface area contributed by atoms with Crippen LogP contribution in [0, 0.1) is 5.82 Å². The maximum absolute atomic E-state index is 14.4. The number of benzene rings is 3. The molecule has 0 aliphatic heterocycles. The van der Waals surface area contributed by atoms with Gasteiger partial charge in [0.25, 0.3) is 15.9 Å². The number of para-hydroxylation sites is 1. The standard InChI is InChI=1S/C21H17Cl2FN2O3S/c1-2-26(17-6-4-3-5-7-17)30(28,29)18-8-9-20(24)19(13-18)21(27)25-16-11-14(22)10-15(23)12-16/h3-13H,2H2,1H3,(H,25,27). The van der Waals surface area contributed by atoms with E-state index in [9.17, 15) is 17.6 Å². The van der Waals surface area contributed by atoms with Crippen molar-refractivity contribution in [1.29, 1.82) is 0 Å². The van der Waals surface area contributed by atoms with Crippen molar-refractivity contribution >= 4 is 50.5 Å². The molecule has 0 atom stereocenters. The Morgan fingerprint density at radius 1 is 1.00 bits per heavy atom. The molecular formula is C21H17Cl2FN2O3S. The summed E-state index contributed by atoms with van der Waals surface area (Å²) in [6.45, 7) is 1.84. The first-order valence-electron chi connectivity index (χ1n) is 8.87. The lowest BCUT2D eigenvalue weighted by atomic mass is 10.2. The van der Waals surface area contributed by atoms with E-state index < -0.39 is 27.3 Å². The maximum atomic E-state index is 14.4. The van der Waals surface area contributed by atoms with E-state index >= 15 is 0 Å². The second-order valence-corrected chi connectivity index (χ2v) is 8.99. The van der Waals surface area contributed by atoms with Crippen LogP contribution in [0.15, 0.2) is 71.6 Å². The molecule has 1 amide bonds. The zero-order valence-electron chi connectivity index (χ0n) is 15.8. The fourth-order valence-corrected chi connectivity index (χ4v) is 4.90. The van der Waals surface area contributed by atoms with Gasteiger partial charge in [-0.2, -0.15) is 0 Å². The van der Waals surface area contributed by atoms with Gasteiger partial charge in [0.2, 0.25) is 0 Å². The summed E-state index contributed by atoms with van der Waals surface area (Å²) in [4.78, 5) is 12.4. The molecule has 3 rings (SSSR count). The molecular weight excluding hydrogens is 450 g/mol. The summed E-state index contributed by atoms with van der Waals surface area (Å²) in [5.74, 6) is -1.69. The van der Waals surface area contributed by atoms with E-state index in [1.807, 2.05) is 0 Å². The van der Waals surface area contributed by atoms with Gasteiger partial charge in [-0.3, -0.25) is 9.10 Å². The third kappa shape index (κ3) is 4.75. The van der Waals surface area contributed by atoms with Crippen LogP contribution in [0.1, 0.15) is 17.3 Å². The van der Waals surface area contributed by atoms with Crippen molar-refractivity contribution in [3.05, 3.63) is 88.2 Å². The third-order valence-corrected chi connectivity index (χ3v) is 6.56. The lowest BCUT2D eigenvalue weighted by Gasteiger charge is -2.23. The molecule has 5 nitrogen and oxygen atoms in total. The number of halogens is 3. The zero-order valence-corrected chi connectivity index (χ0v) is 18.1. The van der Waals surface area contributed by atoms with Crippen molar-refractivity contribution in [2.24, 2.45) is 0 Å². The van der Waals surface area contributed by atoms with Crippen molar-refractivity contribution in [3.63, 3.8) is 0 Å². The molecule has 3 aromatic carbocycles. The predicted molar refractivity (Wildman–Crippen MR) is 117 cm³/mol. The minimum atomic E-state index is -4.02. The number of amides is 1.